The number of carbonyl (C=O) groups is 3. The highest BCUT2D eigenvalue weighted by atomic mass is 35.5. The summed E-state index contributed by atoms with van der Waals surface area (Å²) in [6, 6.07) is 7.80. The molecule has 1 aliphatic rings. The van der Waals surface area contributed by atoms with Gasteiger partial charge in [0.1, 0.15) is 18.2 Å². The van der Waals surface area contributed by atoms with Crippen LogP contribution in [0.3, 0.4) is 0 Å². The zero-order valence-corrected chi connectivity index (χ0v) is 19.7. The van der Waals surface area contributed by atoms with Crippen molar-refractivity contribution in [3.63, 3.8) is 0 Å². The number of amides is 2. The number of nitrogens with one attached hydrogen (secondary N) is 2. The minimum Gasteiger partial charge on any atom is -0.480 e. The van der Waals surface area contributed by atoms with Crippen molar-refractivity contribution in [3.8, 4) is 0 Å². The van der Waals surface area contributed by atoms with Crippen molar-refractivity contribution in [1.29, 1.82) is 0 Å². The third-order valence-corrected chi connectivity index (χ3v) is 5.85. The summed E-state index contributed by atoms with van der Waals surface area (Å²) in [6.07, 6.45) is 1.33. The summed E-state index contributed by atoms with van der Waals surface area (Å²) in [6.45, 7) is 5.19. The van der Waals surface area contributed by atoms with E-state index in [0.29, 0.717) is 19.6 Å². The van der Waals surface area contributed by atoms with Gasteiger partial charge in [-0.25, -0.2) is 9.37 Å². The number of hydrogen-bond acceptors (Lipinski definition) is 6. The summed E-state index contributed by atoms with van der Waals surface area (Å²) < 4.78 is 13.2. The zero-order chi connectivity index (χ0) is 24.8. The molecular formula is C23H27ClFN5O4. The topological polar surface area (TPSA) is 115 Å². The molecule has 2 unspecified atom stereocenters. The number of hydrogen-bond donors (Lipinski definition) is 3. The molecule has 1 aromatic carbocycles. The van der Waals surface area contributed by atoms with Crippen LogP contribution in [0.5, 0.6) is 0 Å². The van der Waals surface area contributed by atoms with Crippen LogP contribution < -0.4 is 10.6 Å². The molecule has 2 heterocycles. The first-order chi connectivity index (χ1) is 16.1. The van der Waals surface area contributed by atoms with Crippen LogP contribution in [0.15, 0.2) is 36.5 Å². The van der Waals surface area contributed by atoms with Crippen LogP contribution in [-0.4, -0.2) is 75.9 Å². The molecule has 2 atom stereocenters. The Morgan fingerprint density at radius 1 is 1.15 bits per heavy atom. The number of aliphatic carboxylic acids is 1. The monoisotopic (exact) mass is 491 g/mol. The maximum absolute atomic E-state index is 13.2. The van der Waals surface area contributed by atoms with E-state index in [1.807, 2.05) is 13.8 Å². The molecular weight excluding hydrogens is 465 g/mol. The molecule has 0 aliphatic carbocycles. The molecule has 2 aromatic rings. The van der Waals surface area contributed by atoms with E-state index in [4.69, 9.17) is 16.7 Å². The summed E-state index contributed by atoms with van der Waals surface area (Å²) in [5, 5.41) is 14.1. The van der Waals surface area contributed by atoms with Gasteiger partial charge in [0, 0.05) is 37.9 Å². The van der Waals surface area contributed by atoms with Crippen molar-refractivity contribution < 1.29 is 23.9 Å². The number of anilines is 1. The molecule has 0 saturated carbocycles. The van der Waals surface area contributed by atoms with Crippen LogP contribution in [0.25, 0.3) is 0 Å². The Kier molecular flexibility index (Phi) is 8.41. The minimum absolute atomic E-state index is 0.0482. The lowest BCUT2D eigenvalue weighted by Gasteiger charge is -2.44. The van der Waals surface area contributed by atoms with Crippen molar-refractivity contribution in [2.45, 2.75) is 32.5 Å². The van der Waals surface area contributed by atoms with Crippen LogP contribution in [0.4, 0.5) is 10.2 Å². The van der Waals surface area contributed by atoms with Gasteiger partial charge in [-0.05, 0) is 37.6 Å². The fraction of sp³-hybridized carbons (Fsp3) is 0.391. The molecule has 0 spiro atoms. The SMILES string of the molecule is CC1CN(C(=O)CNc2ncc(Cl)cc2C(=O)NCC(=O)O)C(C)CN1Cc1ccc(F)cc1. The average Bonchev–Trinajstić information content (AvgIpc) is 2.80. The fourth-order valence-corrected chi connectivity index (χ4v) is 4.01. The van der Waals surface area contributed by atoms with Gasteiger partial charge in [0.25, 0.3) is 5.91 Å². The van der Waals surface area contributed by atoms with Crippen molar-refractivity contribution in [3.05, 3.63) is 58.5 Å². The largest absolute Gasteiger partial charge is 0.480 e. The van der Waals surface area contributed by atoms with Gasteiger partial charge in [-0.2, -0.15) is 0 Å². The van der Waals surface area contributed by atoms with E-state index in [0.717, 1.165) is 5.56 Å². The minimum atomic E-state index is -1.19. The average molecular weight is 492 g/mol. The van der Waals surface area contributed by atoms with Crippen LogP contribution in [0.1, 0.15) is 29.8 Å². The van der Waals surface area contributed by atoms with E-state index in [1.54, 1.807) is 17.0 Å². The molecule has 182 valence electrons. The molecule has 3 N–H and O–H groups in total. The highest BCUT2D eigenvalue weighted by molar-refractivity contribution is 6.31. The lowest BCUT2D eigenvalue weighted by molar-refractivity contribution is -0.136. The highest BCUT2D eigenvalue weighted by Gasteiger charge is 2.32. The number of carboxylic acids is 1. The fourth-order valence-electron chi connectivity index (χ4n) is 3.86. The quantitative estimate of drug-likeness (QED) is 0.518. The Morgan fingerprint density at radius 3 is 2.53 bits per heavy atom. The number of pyridine rings is 1. The van der Waals surface area contributed by atoms with Crippen molar-refractivity contribution >= 4 is 35.2 Å². The predicted molar refractivity (Wildman–Crippen MR) is 125 cm³/mol. The van der Waals surface area contributed by atoms with Crippen LogP contribution in [0, 0.1) is 5.82 Å². The number of rotatable bonds is 8. The van der Waals surface area contributed by atoms with E-state index in [1.165, 1.54) is 24.4 Å². The van der Waals surface area contributed by atoms with E-state index in [2.05, 4.69) is 20.5 Å². The number of carboxylic acid groups (broad SMARTS) is 1. The molecule has 11 heteroatoms. The smallest absolute Gasteiger partial charge is 0.322 e. The van der Waals surface area contributed by atoms with Crippen molar-refractivity contribution in [2.75, 3.05) is 31.5 Å². The molecule has 3 rings (SSSR count). The molecule has 2 amide bonds. The molecule has 1 aliphatic heterocycles. The van der Waals surface area contributed by atoms with E-state index in [-0.39, 0.29) is 46.8 Å². The summed E-state index contributed by atoms with van der Waals surface area (Å²) in [4.78, 5) is 44.1. The molecule has 1 fully saturated rings. The molecule has 1 aromatic heterocycles. The number of nitrogens with zero attached hydrogens (tertiary/aromatic N) is 3. The first-order valence-corrected chi connectivity index (χ1v) is 11.2. The third kappa shape index (κ3) is 6.64. The van der Waals surface area contributed by atoms with Gasteiger partial charge in [-0.1, -0.05) is 23.7 Å². The maximum Gasteiger partial charge on any atom is 0.322 e. The predicted octanol–water partition coefficient (Wildman–Crippen LogP) is 2.22. The van der Waals surface area contributed by atoms with Crippen molar-refractivity contribution in [1.82, 2.24) is 20.1 Å². The summed E-state index contributed by atoms with van der Waals surface area (Å²) in [5.74, 6) is -2.14. The van der Waals surface area contributed by atoms with E-state index < -0.39 is 18.4 Å². The van der Waals surface area contributed by atoms with Gasteiger partial charge in [0.15, 0.2) is 0 Å². The van der Waals surface area contributed by atoms with Gasteiger partial charge in [-0.15, -0.1) is 0 Å². The number of carbonyl (C=O) groups excluding carboxylic acids is 2. The summed E-state index contributed by atoms with van der Waals surface area (Å²) in [5.41, 5.74) is 1.05. The van der Waals surface area contributed by atoms with E-state index >= 15 is 0 Å². The molecule has 9 nitrogen and oxygen atoms in total. The van der Waals surface area contributed by atoms with Gasteiger partial charge in [0.2, 0.25) is 5.91 Å². The molecule has 1 saturated heterocycles. The maximum atomic E-state index is 13.2. The zero-order valence-electron chi connectivity index (χ0n) is 18.9. The molecule has 34 heavy (non-hydrogen) atoms. The van der Waals surface area contributed by atoms with Crippen molar-refractivity contribution in [2.24, 2.45) is 0 Å². The van der Waals surface area contributed by atoms with Gasteiger partial charge in [-0.3, -0.25) is 19.3 Å². The second kappa shape index (κ2) is 11.3. The normalized spacial score (nSPS) is 18.4. The molecule has 0 bridgehead atoms. The van der Waals surface area contributed by atoms with Gasteiger partial charge < -0.3 is 20.6 Å². The number of piperazine rings is 1. The number of benzene rings is 1. The third-order valence-electron chi connectivity index (χ3n) is 5.64. The lowest BCUT2D eigenvalue weighted by Crippen LogP contribution is -2.58. The standard InChI is InChI=1S/C23H27ClFN5O4/c1-14-12-30(15(2)11-29(14)13-16-3-5-18(25)6-4-16)20(31)9-27-22-19(7-17(24)8-26-22)23(34)28-10-21(32)33/h3-8,14-15H,9-13H2,1-2H3,(H,26,27)(H,28,34)(H,32,33). The van der Waals surface area contributed by atoms with Crippen LogP contribution in [0.2, 0.25) is 5.02 Å². The second-order valence-corrected chi connectivity index (χ2v) is 8.72. The van der Waals surface area contributed by atoms with Gasteiger partial charge in [0.05, 0.1) is 17.1 Å². The molecule has 0 radical (unpaired) electrons. The van der Waals surface area contributed by atoms with Gasteiger partial charge >= 0.3 is 5.97 Å². The number of halogens is 2. The lowest BCUT2D eigenvalue weighted by atomic mass is 10.1. The number of aromatic nitrogens is 1. The van der Waals surface area contributed by atoms with E-state index in [9.17, 15) is 18.8 Å². The summed E-state index contributed by atoms with van der Waals surface area (Å²) >= 11 is 5.94. The summed E-state index contributed by atoms with van der Waals surface area (Å²) in [7, 11) is 0. The Hall–Kier alpha value is -3.24. The Morgan fingerprint density at radius 2 is 1.85 bits per heavy atom. The van der Waals surface area contributed by atoms with Crippen LogP contribution in [-0.2, 0) is 16.1 Å². The Bertz CT molecular complexity index is 1050. The Labute approximate surface area is 201 Å². The van der Waals surface area contributed by atoms with Crippen LogP contribution >= 0.6 is 11.6 Å². The second-order valence-electron chi connectivity index (χ2n) is 8.28. The first-order valence-electron chi connectivity index (χ1n) is 10.8. The highest BCUT2D eigenvalue weighted by Crippen LogP contribution is 2.20. The first kappa shape index (κ1) is 25.4. The Balaban J connectivity index is 1.60.